The molecule has 16 heavy (non-hydrogen) atoms. The number of nitrogens with two attached hydrogens (primary N) is 1. The van der Waals surface area contributed by atoms with Gasteiger partial charge in [-0.25, -0.2) is 0 Å². The van der Waals surface area contributed by atoms with Gasteiger partial charge in [-0.05, 0) is 37.1 Å². The maximum Gasteiger partial charge on any atom is 0.0876 e. The summed E-state index contributed by atoms with van der Waals surface area (Å²) >= 11 is 9.46. The van der Waals surface area contributed by atoms with Crippen molar-refractivity contribution in [3.63, 3.8) is 0 Å². The van der Waals surface area contributed by atoms with Gasteiger partial charge < -0.3 is 10.5 Å². The molecule has 88 valence electrons. The maximum atomic E-state index is 5.93. The van der Waals surface area contributed by atoms with Crippen molar-refractivity contribution in [3.05, 3.63) is 33.3 Å². The van der Waals surface area contributed by atoms with Gasteiger partial charge in [0.1, 0.15) is 0 Å². The first-order chi connectivity index (χ1) is 7.72. The Balaban J connectivity index is 2.27. The molecule has 1 aliphatic rings. The summed E-state index contributed by atoms with van der Waals surface area (Å²) in [6.07, 6.45) is 2.34. The van der Waals surface area contributed by atoms with Crippen LogP contribution in [0.1, 0.15) is 24.5 Å². The van der Waals surface area contributed by atoms with E-state index in [1.54, 1.807) is 0 Å². The van der Waals surface area contributed by atoms with E-state index in [9.17, 15) is 0 Å². The number of rotatable bonds is 2. The highest BCUT2D eigenvalue weighted by Crippen LogP contribution is 2.37. The van der Waals surface area contributed by atoms with Crippen molar-refractivity contribution in [2.24, 2.45) is 11.7 Å². The van der Waals surface area contributed by atoms with Crippen LogP contribution < -0.4 is 5.73 Å². The van der Waals surface area contributed by atoms with Crippen molar-refractivity contribution in [3.8, 4) is 0 Å². The predicted molar refractivity (Wildman–Crippen MR) is 69.6 cm³/mol. The second-order valence-corrected chi connectivity index (χ2v) is 5.39. The largest absolute Gasteiger partial charge is 0.373 e. The lowest BCUT2D eigenvalue weighted by atomic mass is 9.90. The van der Waals surface area contributed by atoms with Crippen LogP contribution in [0.2, 0.25) is 5.02 Å². The Labute approximate surface area is 109 Å². The van der Waals surface area contributed by atoms with Crippen molar-refractivity contribution in [1.29, 1.82) is 0 Å². The monoisotopic (exact) mass is 303 g/mol. The maximum absolute atomic E-state index is 5.93. The van der Waals surface area contributed by atoms with E-state index in [4.69, 9.17) is 22.1 Å². The van der Waals surface area contributed by atoms with Gasteiger partial charge in [-0.3, -0.25) is 0 Å². The van der Waals surface area contributed by atoms with Crippen molar-refractivity contribution in [1.82, 2.24) is 0 Å². The molecule has 0 aliphatic carbocycles. The van der Waals surface area contributed by atoms with Gasteiger partial charge in [0.25, 0.3) is 0 Å². The summed E-state index contributed by atoms with van der Waals surface area (Å²) in [6.45, 7) is 1.48. The molecule has 2 unspecified atom stereocenters. The van der Waals surface area contributed by atoms with Crippen molar-refractivity contribution < 1.29 is 4.74 Å². The van der Waals surface area contributed by atoms with Gasteiger partial charge in [0.05, 0.1) is 6.10 Å². The molecule has 0 saturated carbocycles. The summed E-state index contributed by atoms with van der Waals surface area (Å²) in [4.78, 5) is 0. The lowest BCUT2D eigenvalue weighted by Gasteiger charge is -2.31. The molecule has 1 aromatic carbocycles. The van der Waals surface area contributed by atoms with Gasteiger partial charge in [0, 0.05) is 22.0 Å². The van der Waals surface area contributed by atoms with Crippen LogP contribution >= 0.6 is 27.5 Å². The molecule has 1 fully saturated rings. The number of hydrogen-bond donors (Lipinski definition) is 1. The van der Waals surface area contributed by atoms with Crippen LogP contribution in [0, 0.1) is 5.92 Å². The summed E-state index contributed by atoms with van der Waals surface area (Å²) in [6, 6.07) is 5.82. The summed E-state index contributed by atoms with van der Waals surface area (Å²) < 4.78 is 6.84. The Morgan fingerprint density at radius 1 is 1.50 bits per heavy atom. The predicted octanol–water partition coefficient (Wildman–Crippen LogP) is 3.53. The highest BCUT2D eigenvalue weighted by Gasteiger charge is 2.27. The molecule has 4 heteroatoms. The molecule has 0 spiro atoms. The minimum Gasteiger partial charge on any atom is -0.373 e. The Morgan fingerprint density at radius 3 is 3.00 bits per heavy atom. The van der Waals surface area contributed by atoms with Crippen molar-refractivity contribution in [2.75, 3.05) is 13.2 Å². The Kier molecular flexibility index (Phi) is 4.25. The summed E-state index contributed by atoms with van der Waals surface area (Å²) in [5.74, 6) is 0.409. The SMILES string of the molecule is NCC1CCCOC1c1ccc(Cl)cc1Br. The number of benzene rings is 1. The van der Waals surface area contributed by atoms with Crippen LogP contribution in [0.3, 0.4) is 0 Å². The summed E-state index contributed by atoms with van der Waals surface area (Å²) in [7, 11) is 0. The molecule has 0 amide bonds. The van der Waals surface area contributed by atoms with Crippen LogP contribution in [-0.2, 0) is 4.74 Å². The van der Waals surface area contributed by atoms with E-state index in [0.29, 0.717) is 12.5 Å². The third kappa shape index (κ3) is 2.59. The third-order valence-corrected chi connectivity index (χ3v) is 3.94. The Morgan fingerprint density at radius 2 is 2.31 bits per heavy atom. The van der Waals surface area contributed by atoms with Gasteiger partial charge in [-0.1, -0.05) is 33.6 Å². The number of ether oxygens (including phenoxy) is 1. The molecule has 1 aliphatic heterocycles. The van der Waals surface area contributed by atoms with Gasteiger partial charge >= 0.3 is 0 Å². The van der Waals surface area contributed by atoms with E-state index in [-0.39, 0.29) is 6.10 Å². The summed E-state index contributed by atoms with van der Waals surface area (Å²) in [5, 5.41) is 0.732. The van der Waals surface area contributed by atoms with Gasteiger partial charge in [0.2, 0.25) is 0 Å². The lowest BCUT2D eigenvalue weighted by molar-refractivity contribution is -0.0255. The minimum atomic E-state index is 0.102. The zero-order chi connectivity index (χ0) is 11.5. The van der Waals surface area contributed by atoms with E-state index in [0.717, 1.165) is 34.5 Å². The second-order valence-electron chi connectivity index (χ2n) is 4.10. The zero-order valence-corrected chi connectivity index (χ0v) is 11.3. The molecule has 1 saturated heterocycles. The minimum absolute atomic E-state index is 0.102. The molecule has 0 bridgehead atoms. The van der Waals surface area contributed by atoms with E-state index >= 15 is 0 Å². The highest BCUT2D eigenvalue weighted by atomic mass is 79.9. The average molecular weight is 305 g/mol. The highest BCUT2D eigenvalue weighted by molar-refractivity contribution is 9.10. The first-order valence-electron chi connectivity index (χ1n) is 5.49. The van der Waals surface area contributed by atoms with E-state index in [1.807, 2.05) is 18.2 Å². The fraction of sp³-hybridized carbons (Fsp3) is 0.500. The third-order valence-electron chi connectivity index (χ3n) is 3.02. The van der Waals surface area contributed by atoms with Crippen molar-refractivity contribution >= 4 is 27.5 Å². The molecule has 1 aromatic rings. The molecular formula is C12H15BrClNO. The van der Waals surface area contributed by atoms with Crippen LogP contribution in [0.4, 0.5) is 0 Å². The second kappa shape index (κ2) is 5.50. The van der Waals surface area contributed by atoms with Crippen LogP contribution in [0.5, 0.6) is 0 Å². The molecular weight excluding hydrogens is 289 g/mol. The van der Waals surface area contributed by atoms with E-state index in [2.05, 4.69) is 15.9 Å². The Hall–Kier alpha value is -0.0900. The van der Waals surface area contributed by atoms with E-state index < -0.39 is 0 Å². The van der Waals surface area contributed by atoms with Crippen molar-refractivity contribution in [2.45, 2.75) is 18.9 Å². The first kappa shape index (κ1) is 12.4. The van der Waals surface area contributed by atoms with Gasteiger partial charge in [-0.2, -0.15) is 0 Å². The summed E-state index contributed by atoms with van der Waals surface area (Å²) in [5.41, 5.74) is 6.94. The first-order valence-corrected chi connectivity index (χ1v) is 6.66. The molecule has 2 nitrogen and oxygen atoms in total. The molecule has 2 N–H and O–H groups in total. The topological polar surface area (TPSA) is 35.2 Å². The van der Waals surface area contributed by atoms with Gasteiger partial charge in [-0.15, -0.1) is 0 Å². The number of hydrogen-bond acceptors (Lipinski definition) is 2. The zero-order valence-electron chi connectivity index (χ0n) is 8.96. The Bertz CT molecular complexity index is 372. The molecule has 2 rings (SSSR count). The molecule has 0 aromatic heterocycles. The molecule has 0 radical (unpaired) electrons. The fourth-order valence-electron chi connectivity index (χ4n) is 2.16. The van der Waals surface area contributed by atoms with E-state index in [1.165, 1.54) is 0 Å². The van der Waals surface area contributed by atoms with Crippen LogP contribution in [0.15, 0.2) is 22.7 Å². The molecule has 1 heterocycles. The lowest BCUT2D eigenvalue weighted by Crippen LogP contribution is -2.28. The van der Waals surface area contributed by atoms with Gasteiger partial charge in [0.15, 0.2) is 0 Å². The smallest absolute Gasteiger partial charge is 0.0876 e. The average Bonchev–Trinajstić information content (AvgIpc) is 2.29. The van der Waals surface area contributed by atoms with Crippen LogP contribution in [-0.4, -0.2) is 13.2 Å². The number of halogens is 2. The normalized spacial score (nSPS) is 25.7. The van der Waals surface area contributed by atoms with Crippen LogP contribution in [0.25, 0.3) is 0 Å². The standard InChI is InChI=1S/C12H15BrClNO/c13-11-6-9(14)3-4-10(11)12-8(7-15)2-1-5-16-12/h3-4,6,8,12H,1-2,5,7,15H2. The fourth-order valence-corrected chi connectivity index (χ4v) is 3.07. The molecule has 2 atom stereocenters. The quantitative estimate of drug-likeness (QED) is 0.907.